The van der Waals surface area contributed by atoms with Gasteiger partial charge in [0.2, 0.25) is 5.91 Å². The Bertz CT molecular complexity index is 993. The fraction of sp³-hybridized carbons (Fsp3) is 0.533. The minimum absolute atomic E-state index is 0.178. The molecule has 0 aliphatic carbocycles. The van der Waals surface area contributed by atoms with Crippen molar-refractivity contribution in [1.82, 2.24) is 10.6 Å². The summed E-state index contributed by atoms with van der Waals surface area (Å²) in [5.74, 6) is -0.440. The summed E-state index contributed by atoms with van der Waals surface area (Å²) in [7, 11) is 1.75. The molecule has 0 bridgehead atoms. The molecule has 6 heteroatoms. The lowest BCUT2D eigenvalue weighted by Crippen LogP contribution is -2.48. The summed E-state index contributed by atoms with van der Waals surface area (Å²) in [4.78, 5) is 28.1. The van der Waals surface area contributed by atoms with Crippen LogP contribution in [0.25, 0.3) is 11.1 Å². The summed E-state index contributed by atoms with van der Waals surface area (Å²) in [5, 5.41) is 16.5. The summed E-state index contributed by atoms with van der Waals surface area (Å²) < 4.78 is 0. The zero-order valence-electron chi connectivity index (χ0n) is 22.1. The number of likely N-dealkylation sites (N-methyl/N-ethyl adjacent to an activating group) is 1. The molecule has 36 heavy (non-hydrogen) atoms. The Labute approximate surface area is 216 Å². The quantitative estimate of drug-likeness (QED) is 0.310. The van der Waals surface area contributed by atoms with Crippen LogP contribution in [0.15, 0.2) is 48.5 Å². The van der Waals surface area contributed by atoms with Crippen molar-refractivity contribution in [3.8, 4) is 11.1 Å². The van der Waals surface area contributed by atoms with Crippen LogP contribution in [0, 0.1) is 0 Å². The smallest absolute Gasteiger partial charge is 0.253 e. The summed E-state index contributed by atoms with van der Waals surface area (Å²) in [6, 6.07) is 14.2. The molecule has 3 N–H and O–H groups in total. The molecule has 2 aromatic rings. The lowest BCUT2D eigenvalue weighted by atomic mass is 9.95. The van der Waals surface area contributed by atoms with Crippen LogP contribution >= 0.6 is 0 Å². The molecular weight excluding hydrogens is 450 g/mol. The van der Waals surface area contributed by atoms with Crippen LogP contribution in [0.4, 0.5) is 5.69 Å². The Hall–Kier alpha value is -2.70. The van der Waals surface area contributed by atoms with Gasteiger partial charge in [-0.3, -0.25) is 9.59 Å². The van der Waals surface area contributed by atoms with Crippen LogP contribution in [-0.2, 0) is 9.59 Å². The van der Waals surface area contributed by atoms with E-state index in [2.05, 4.69) is 17.6 Å². The SMILES string of the molecule is CCCCCCCCCCC(O)CNC(C)C(=O)NC1C(=O)N(C)c2ccccc2-c2ccccc21. The van der Waals surface area contributed by atoms with E-state index in [-0.39, 0.29) is 11.8 Å². The van der Waals surface area contributed by atoms with Crippen molar-refractivity contribution in [1.29, 1.82) is 0 Å². The molecule has 0 spiro atoms. The van der Waals surface area contributed by atoms with Gasteiger partial charge in [-0.2, -0.15) is 0 Å². The minimum Gasteiger partial charge on any atom is -0.392 e. The standard InChI is InChI=1S/C30H43N3O3/c1-4-5-6-7-8-9-10-11-16-23(34)21-31-22(2)29(35)32-28-26-19-13-12-17-24(26)25-18-14-15-20-27(25)33(3)30(28)36/h12-15,17-20,22-23,28,31,34H,4-11,16,21H2,1-3H3,(H,32,35). The first-order valence-electron chi connectivity index (χ1n) is 13.6. The summed E-state index contributed by atoms with van der Waals surface area (Å²) >= 11 is 0. The Morgan fingerprint density at radius 2 is 1.56 bits per heavy atom. The Morgan fingerprint density at radius 3 is 2.28 bits per heavy atom. The third-order valence-electron chi connectivity index (χ3n) is 7.14. The number of nitrogens with one attached hydrogen (secondary N) is 2. The number of nitrogens with zero attached hydrogens (tertiary/aromatic N) is 1. The predicted octanol–water partition coefficient (Wildman–Crippen LogP) is 5.36. The van der Waals surface area contributed by atoms with Crippen LogP contribution in [0.1, 0.15) is 83.2 Å². The third kappa shape index (κ3) is 7.40. The van der Waals surface area contributed by atoms with E-state index in [0.717, 1.165) is 41.6 Å². The van der Waals surface area contributed by atoms with Crippen molar-refractivity contribution >= 4 is 17.5 Å². The van der Waals surface area contributed by atoms with Crippen molar-refractivity contribution in [2.24, 2.45) is 0 Å². The van der Waals surface area contributed by atoms with Crippen LogP contribution < -0.4 is 15.5 Å². The second-order valence-corrected chi connectivity index (χ2v) is 9.99. The molecule has 3 unspecified atom stereocenters. The van der Waals surface area contributed by atoms with Gasteiger partial charge < -0.3 is 20.6 Å². The zero-order valence-corrected chi connectivity index (χ0v) is 22.1. The summed E-state index contributed by atoms with van der Waals surface area (Å²) in [6.45, 7) is 4.35. The lowest BCUT2D eigenvalue weighted by Gasteiger charge is -2.25. The average Bonchev–Trinajstić information content (AvgIpc) is 2.98. The van der Waals surface area contributed by atoms with Crippen molar-refractivity contribution < 1.29 is 14.7 Å². The first kappa shape index (κ1) is 27.9. The number of hydrogen-bond acceptors (Lipinski definition) is 4. The van der Waals surface area contributed by atoms with Gasteiger partial charge in [-0.15, -0.1) is 0 Å². The number of amides is 2. The molecule has 2 amide bonds. The number of rotatable bonds is 14. The maximum absolute atomic E-state index is 13.4. The number of carbonyl (C=O) groups excluding carboxylic acids is 2. The number of fused-ring (bicyclic) bond motifs is 3. The van der Waals surface area contributed by atoms with Gasteiger partial charge in [-0.05, 0) is 30.5 Å². The predicted molar refractivity (Wildman–Crippen MR) is 147 cm³/mol. The average molecular weight is 494 g/mol. The minimum atomic E-state index is -0.780. The monoisotopic (exact) mass is 493 g/mol. The third-order valence-corrected chi connectivity index (χ3v) is 7.14. The number of hydrogen-bond donors (Lipinski definition) is 3. The number of anilines is 1. The Balaban J connectivity index is 1.51. The van der Waals surface area contributed by atoms with E-state index in [1.165, 1.54) is 38.5 Å². The van der Waals surface area contributed by atoms with Crippen LogP contribution in [0.5, 0.6) is 0 Å². The van der Waals surface area contributed by atoms with Crippen LogP contribution in [0.2, 0.25) is 0 Å². The van der Waals surface area contributed by atoms with E-state index in [0.29, 0.717) is 6.54 Å². The van der Waals surface area contributed by atoms with E-state index < -0.39 is 18.2 Å². The highest BCUT2D eigenvalue weighted by molar-refractivity contribution is 6.06. The van der Waals surface area contributed by atoms with E-state index in [1.54, 1.807) is 18.9 Å². The van der Waals surface area contributed by atoms with Crippen LogP contribution in [0.3, 0.4) is 0 Å². The van der Waals surface area contributed by atoms with E-state index in [4.69, 9.17) is 0 Å². The van der Waals surface area contributed by atoms with Gasteiger partial charge in [0.25, 0.3) is 5.91 Å². The molecule has 0 saturated heterocycles. The molecule has 3 rings (SSSR count). The van der Waals surface area contributed by atoms with Crippen molar-refractivity contribution in [3.05, 3.63) is 54.1 Å². The highest BCUT2D eigenvalue weighted by atomic mass is 16.3. The number of unbranched alkanes of at least 4 members (excludes halogenated alkanes) is 7. The first-order chi connectivity index (χ1) is 17.4. The first-order valence-corrected chi connectivity index (χ1v) is 13.6. The van der Waals surface area contributed by atoms with Crippen molar-refractivity contribution in [2.45, 2.75) is 89.8 Å². The molecule has 1 heterocycles. The highest BCUT2D eigenvalue weighted by Gasteiger charge is 2.33. The van der Waals surface area contributed by atoms with E-state index >= 15 is 0 Å². The fourth-order valence-corrected chi connectivity index (χ4v) is 4.86. The summed E-state index contributed by atoms with van der Waals surface area (Å²) in [6.07, 6.45) is 10.1. The summed E-state index contributed by atoms with van der Waals surface area (Å²) in [5.41, 5.74) is 3.52. The molecular formula is C30H43N3O3. The van der Waals surface area contributed by atoms with Crippen molar-refractivity contribution in [2.75, 3.05) is 18.5 Å². The topological polar surface area (TPSA) is 81.7 Å². The molecule has 196 valence electrons. The van der Waals surface area contributed by atoms with Gasteiger partial charge in [-0.25, -0.2) is 0 Å². The number of benzene rings is 2. The fourth-order valence-electron chi connectivity index (χ4n) is 4.86. The van der Waals surface area contributed by atoms with Crippen LogP contribution in [-0.4, -0.2) is 42.7 Å². The zero-order chi connectivity index (χ0) is 25.9. The van der Waals surface area contributed by atoms with Gasteiger partial charge in [0.15, 0.2) is 0 Å². The van der Waals surface area contributed by atoms with Crippen molar-refractivity contribution in [3.63, 3.8) is 0 Å². The van der Waals surface area contributed by atoms with Gasteiger partial charge in [0.05, 0.1) is 17.8 Å². The van der Waals surface area contributed by atoms with E-state index in [9.17, 15) is 14.7 Å². The van der Waals surface area contributed by atoms with Gasteiger partial charge in [-0.1, -0.05) is 101 Å². The normalized spacial score (nSPS) is 16.6. The maximum Gasteiger partial charge on any atom is 0.253 e. The molecule has 0 fully saturated rings. The molecule has 1 aliphatic rings. The molecule has 0 aromatic heterocycles. The highest BCUT2D eigenvalue weighted by Crippen LogP contribution is 2.39. The molecule has 1 aliphatic heterocycles. The second-order valence-electron chi connectivity index (χ2n) is 9.99. The molecule has 0 saturated carbocycles. The van der Waals surface area contributed by atoms with Gasteiger partial charge in [0, 0.05) is 19.2 Å². The van der Waals surface area contributed by atoms with E-state index in [1.807, 2.05) is 48.5 Å². The Morgan fingerprint density at radius 1 is 0.944 bits per heavy atom. The van der Waals surface area contributed by atoms with Gasteiger partial charge >= 0.3 is 0 Å². The molecule has 0 radical (unpaired) electrons. The maximum atomic E-state index is 13.4. The van der Waals surface area contributed by atoms with Gasteiger partial charge in [0.1, 0.15) is 6.04 Å². The largest absolute Gasteiger partial charge is 0.392 e. The number of carbonyl (C=O) groups is 2. The lowest BCUT2D eigenvalue weighted by molar-refractivity contribution is -0.128. The Kier molecular flexibility index (Phi) is 11.0. The number of aliphatic hydroxyl groups excluding tert-OH is 1. The molecule has 2 aromatic carbocycles. The molecule has 3 atom stereocenters. The molecule has 6 nitrogen and oxygen atoms in total. The second kappa shape index (κ2) is 14.1. The number of para-hydroxylation sites is 1. The number of aliphatic hydroxyl groups is 1.